The van der Waals surface area contributed by atoms with E-state index in [1.165, 1.54) is 16.7 Å². The first kappa shape index (κ1) is 8.30. The summed E-state index contributed by atoms with van der Waals surface area (Å²) < 4.78 is 0. The molecule has 13 heavy (non-hydrogen) atoms. The molecule has 1 aliphatic heterocycles. The van der Waals surface area contributed by atoms with Crippen LogP contribution in [0.15, 0.2) is 23.2 Å². The van der Waals surface area contributed by atoms with Crippen molar-refractivity contribution in [1.82, 2.24) is 5.32 Å². The van der Waals surface area contributed by atoms with Crippen molar-refractivity contribution in [2.24, 2.45) is 4.99 Å². The molecule has 0 aromatic heterocycles. The maximum Gasteiger partial charge on any atom is 0.128 e. The van der Waals surface area contributed by atoms with Crippen LogP contribution in [0.2, 0.25) is 0 Å². The molecule has 0 saturated carbocycles. The Kier molecular flexibility index (Phi) is 2.05. The summed E-state index contributed by atoms with van der Waals surface area (Å²) in [4.78, 5) is 4.38. The van der Waals surface area contributed by atoms with Crippen LogP contribution >= 0.6 is 0 Å². The van der Waals surface area contributed by atoms with E-state index in [0.717, 1.165) is 18.9 Å². The Morgan fingerprint density at radius 2 is 2.08 bits per heavy atom. The fourth-order valence-corrected chi connectivity index (χ4v) is 1.48. The van der Waals surface area contributed by atoms with Crippen LogP contribution in [0.1, 0.15) is 16.7 Å². The van der Waals surface area contributed by atoms with Gasteiger partial charge in [-0.2, -0.15) is 0 Å². The molecule has 0 saturated heterocycles. The zero-order chi connectivity index (χ0) is 9.26. The number of aliphatic imine (C=N–C) groups is 1. The fraction of sp³-hybridized carbons (Fsp3) is 0.364. The van der Waals surface area contributed by atoms with Crippen molar-refractivity contribution in [1.29, 1.82) is 0 Å². The summed E-state index contributed by atoms with van der Waals surface area (Å²) in [7, 11) is 0. The minimum absolute atomic E-state index is 0.905. The highest BCUT2D eigenvalue weighted by Gasteiger charge is 2.07. The lowest BCUT2D eigenvalue weighted by atomic mass is 10.1. The van der Waals surface area contributed by atoms with Crippen LogP contribution < -0.4 is 5.32 Å². The van der Waals surface area contributed by atoms with Gasteiger partial charge in [-0.05, 0) is 31.0 Å². The zero-order valence-electron chi connectivity index (χ0n) is 8.09. The molecule has 1 heterocycles. The Bertz CT molecular complexity index is 353. The lowest BCUT2D eigenvalue weighted by Crippen LogP contribution is -2.19. The largest absolute Gasteiger partial charge is 0.368 e. The monoisotopic (exact) mass is 174 g/mol. The Morgan fingerprint density at radius 3 is 2.69 bits per heavy atom. The average Bonchev–Trinajstić information content (AvgIpc) is 2.62. The molecule has 0 bridgehead atoms. The van der Waals surface area contributed by atoms with E-state index in [9.17, 15) is 0 Å². The molecule has 1 aromatic rings. The van der Waals surface area contributed by atoms with Crippen LogP contribution in [0.5, 0.6) is 0 Å². The maximum atomic E-state index is 4.38. The summed E-state index contributed by atoms with van der Waals surface area (Å²) in [5.41, 5.74) is 3.87. The van der Waals surface area contributed by atoms with Crippen molar-refractivity contribution in [3.05, 3.63) is 34.9 Å². The van der Waals surface area contributed by atoms with E-state index in [2.05, 4.69) is 42.4 Å². The molecule has 0 radical (unpaired) electrons. The van der Waals surface area contributed by atoms with Crippen LogP contribution in [0.25, 0.3) is 0 Å². The standard InChI is InChI=1S/C11H14N2/c1-8-3-4-10(7-9(8)2)11-12-5-6-13-11/h3-4,7H,5-6H2,1-2H3,(H,12,13). The topological polar surface area (TPSA) is 24.4 Å². The molecule has 0 spiro atoms. The molecule has 2 nitrogen and oxygen atoms in total. The first-order valence-corrected chi connectivity index (χ1v) is 4.63. The predicted octanol–water partition coefficient (Wildman–Crippen LogP) is 1.65. The molecule has 1 aliphatic rings. The van der Waals surface area contributed by atoms with Crippen molar-refractivity contribution >= 4 is 5.84 Å². The summed E-state index contributed by atoms with van der Waals surface area (Å²) in [6.07, 6.45) is 0. The quantitative estimate of drug-likeness (QED) is 0.688. The van der Waals surface area contributed by atoms with Gasteiger partial charge in [-0.25, -0.2) is 0 Å². The smallest absolute Gasteiger partial charge is 0.128 e. The third kappa shape index (κ3) is 1.57. The second-order valence-electron chi connectivity index (χ2n) is 3.46. The van der Waals surface area contributed by atoms with E-state index >= 15 is 0 Å². The number of aryl methyl sites for hydroxylation is 2. The SMILES string of the molecule is Cc1ccc(C2=NCCN2)cc1C. The zero-order valence-corrected chi connectivity index (χ0v) is 8.09. The minimum atomic E-state index is 0.905. The highest BCUT2D eigenvalue weighted by molar-refractivity contribution is 5.99. The second-order valence-corrected chi connectivity index (χ2v) is 3.46. The number of nitrogens with zero attached hydrogens (tertiary/aromatic N) is 1. The van der Waals surface area contributed by atoms with E-state index < -0.39 is 0 Å². The van der Waals surface area contributed by atoms with E-state index in [-0.39, 0.29) is 0 Å². The summed E-state index contributed by atoms with van der Waals surface area (Å²) >= 11 is 0. The number of rotatable bonds is 1. The predicted molar refractivity (Wildman–Crippen MR) is 55.3 cm³/mol. The summed E-state index contributed by atoms with van der Waals surface area (Å²) in [6.45, 7) is 6.14. The van der Waals surface area contributed by atoms with E-state index in [1.807, 2.05) is 0 Å². The first-order valence-electron chi connectivity index (χ1n) is 4.63. The van der Waals surface area contributed by atoms with Crippen LogP contribution in [0.3, 0.4) is 0 Å². The van der Waals surface area contributed by atoms with Gasteiger partial charge in [0.15, 0.2) is 0 Å². The Labute approximate surface area is 78.7 Å². The number of hydrogen-bond acceptors (Lipinski definition) is 2. The van der Waals surface area contributed by atoms with Crippen LogP contribution in [-0.2, 0) is 0 Å². The number of benzene rings is 1. The molecule has 2 heteroatoms. The Morgan fingerprint density at radius 1 is 1.23 bits per heavy atom. The van der Waals surface area contributed by atoms with Crippen molar-refractivity contribution in [2.75, 3.05) is 13.1 Å². The molecule has 2 rings (SSSR count). The maximum absolute atomic E-state index is 4.38. The molecule has 0 aliphatic carbocycles. The van der Waals surface area contributed by atoms with Gasteiger partial charge >= 0.3 is 0 Å². The van der Waals surface area contributed by atoms with Crippen molar-refractivity contribution in [3.63, 3.8) is 0 Å². The van der Waals surface area contributed by atoms with Gasteiger partial charge in [0, 0.05) is 12.1 Å². The highest BCUT2D eigenvalue weighted by atomic mass is 15.1. The molecule has 68 valence electrons. The third-order valence-corrected chi connectivity index (χ3v) is 2.45. The minimum Gasteiger partial charge on any atom is -0.368 e. The molecular formula is C11H14N2. The molecular weight excluding hydrogens is 160 g/mol. The molecule has 0 fully saturated rings. The van der Waals surface area contributed by atoms with Gasteiger partial charge in [0.25, 0.3) is 0 Å². The van der Waals surface area contributed by atoms with Crippen LogP contribution in [0, 0.1) is 13.8 Å². The van der Waals surface area contributed by atoms with Crippen LogP contribution in [-0.4, -0.2) is 18.9 Å². The van der Waals surface area contributed by atoms with Crippen molar-refractivity contribution in [3.8, 4) is 0 Å². The molecule has 1 N–H and O–H groups in total. The van der Waals surface area contributed by atoms with E-state index in [4.69, 9.17) is 0 Å². The Hall–Kier alpha value is -1.31. The highest BCUT2D eigenvalue weighted by Crippen LogP contribution is 2.10. The van der Waals surface area contributed by atoms with Gasteiger partial charge < -0.3 is 5.32 Å². The van der Waals surface area contributed by atoms with Crippen molar-refractivity contribution in [2.45, 2.75) is 13.8 Å². The lowest BCUT2D eigenvalue weighted by molar-refractivity contribution is 0.960. The van der Waals surface area contributed by atoms with E-state index in [1.54, 1.807) is 0 Å². The van der Waals surface area contributed by atoms with Gasteiger partial charge in [0.1, 0.15) is 5.84 Å². The molecule has 0 atom stereocenters. The summed E-state index contributed by atoms with van der Waals surface area (Å²) in [5, 5.41) is 3.27. The lowest BCUT2D eigenvalue weighted by Gasteiger charge is -2.05. The first-order chi connectivity index (χ1) is 6.27. The molecule has 0 amide bonds. The van der Waals surface area contributed by atoms with E-state index in [0.29, 0.717) is 0 Å². The van der Waals surface area contributed by atoms with Gasteiger partial charge in [0.05, 0.1) is 6.54 Å². The summed E-state index contributed by atoms with van der Waals surface area (Å²) in [5.74, 6) is 1.04. The summed E-state index contributed by atoms with van der Waals surface area (Å²) in [6, 6.07) is 6.46. The normalized spacial score (nSPS) is 15.4. The van der Waals surface area contributed by atoms with Gasteiger partial charge in [0.2, 0.25) is 0 Å². The van der Waals surface area contributed by atoms with Gasteiger partial charge in [-0.15, -0.1) is 0 Å². The third-order valence-electron chi connectivity index (χ3n) is 2.45. The number of amidine groups is 1. The average molecular weight is 174 g/mol. The Balaban J connectivity index is 2.36. The number of nitrogens with one attached hydrogen (secondary N) is 1. The van der Waals surface area contributed by atoms with Crippen molar-refractivity contribution < 1.29 is 0 Å². The second kappa shape index (κ2) is 3.21. The van der Waals surface area contributed by atoms with Gasteiger partial charge in [-0.3, -0.25) is 4.99 Å². The number of hydrogen-bond donors (Lipinski definition) is 1. The molecule has 1 aromatic carbocycles. The van der Waals surface area contributed by atoms with Gasteiger partial charge in [-0.1, -0.05) is 12.1 Å². The molecule has 0 unspecified atom stereocenters. The fourth-order valence-electron chi connectivity index (χ4n) is 1.48. The van der Waals surface area contributed by atoms with Crippen LogP contribution in [0.4, 0.5) is 0 Å².